The summed E-state index contributed by atoms with van der Waals surface area (Å²) in [6, 6.07) is 8.16. The minimum atomic E-state index is -1.78. The van der Waals surface area contributed by atoms with Gasteiger partial charge in [-0.05, 0) is 56.1 Å². The van der Waals surface area contributed by atoms with Crippen molar-refractivity contribution < 1.29 is 18.8 Å². The van der Waals surface area contributed by atoms with Gasteiger partial charge in [0.1, 0.15) is 12.3 Å². The molecule has 154 valence electrons. The quantitative estimate of drug-likeness (QED) is 0.309. The highest BCUT2D eigenvalue weighted by atomic mass is 28.4. The van der Waals surface area contributed by atoms with Gasteiger partial charge in [-0.1, -0.05) is 36.9 Å². The summed E-state index contributed by atoms with van der Waals surface area (Å²) in [6.45, 7) is 12.2. The molecule has 29 heavy (non-hydrogen) atoms. The van der Waals surface area contributed by atoms with Crippen molar-refractivity contribution in [1.29, 1.82) is 0 Å². The van der Waals surface area contributed by atoms with Crippen LogP contribution in [-0.2, 0) is 25.2 Å². The van der Waals surface area contributed by atoms with Gasteiger partial charge in [0.05, 0.1) is 18.1 Å². The Balaban J connectivity index is 1.74. The number of rotatable bonds is 6. The number of benzene rings is 1. The van der Waals surface area contributed by atoms with Crippen LogP contribution in [0.5, 0.6) is 0 Å². The van der Waals surface area contributed by atoms with Crippen LogP contribution < -0.4 is 0 Å². The number of fused-ring (bicyclic) bond motifs is 5. The van der Waals surface area contributed by atoms with E-state index >= 15 is 0 Å². The fourth-order valence-corrected chi connectivity index (χ4v) is 6.43. The number of amides is 1. The average Bonchev–Trinajstić information content (AvgIpc) is 2.95. The Morgan fingerprint density at radius 2 is 2.07 bits per heavy atom. The van der Waals surface area contributed by atoms with E-state index in [2.05, 4.69) is 38.4 Å². The summed E-state index contributed by atoms with van der Waals surface area (Å²) < 4.78 is 11.7. The van der Waals surface area contributed by atoms with Crippen molar-refractivity contribution in [3.05, 3.63) is 53.7 Å². The first-order chi connectivity index (χ1) is 13.7. The fourth-order valence-electron chi connectivity index (χ4n) is 5.17. The van der Waals surface area contributed by atoms with Gasteiger partial charge in [0.15, 0.2) is 8.32 Å². The molecule has 4 atom stereocenters. The zero-order valence-corrected chi connectivity index (χ0v) is 18.6. The molecular formula is C23H29NO4Si. The molecule has 1 aromatic carbocycles. The SMILES string of the molecule is C=CCOC(=O)C1=C2c3ccccc3CC[C@H]2[C@@H]2[C@@H]([C@@H](C)O[Si](C)(C)C)C(=O)N12. The molecule has 1 fully saturated rings. The van der Waals surface area contributed by atoms with Gasteiger partial charge in [-0.25, -0.2) is 4.79 Å². The van der Waals surface area contributed by atoms with E-state index < -0.39 is 14.3 Å². The molecule has 1 aliphatic carbocycles. The lowest BCUT2D eigenvalue weighted by atomic mass is 9.71. The first kappa shape index (κ1) is 20.1. The number of ether oxygens (including phenoxy) is 1. The highest BCUT2D eigenvalue weighted by Crippen LogP contribution is 2.55. The predicted octanol–water partition coefficient (Wildman–Crippen LogP) is 3.77. The summed E-state index contributed by atoms with van der Waals surface area (Å²) in [5.41, 5.74) is 3.71. The van der Waals surface area contributed by atoms with Crippen molar-refractivity contribution in [2.45, 2.75) is 51.6 Å². The predicted molar refractivity (Wildman–Crippen MR) is 114 cm³/mol. The lowest BCUT2D eigenvalue weighted by molar-refractivity contribution is -0.163. The van der Waals surface area contributed by atoms with Crippen molar-refractivity contribution >= 4 is 25.8 Å². The Kier molecular flexibility index (Phi) is 5.03. The third kappa shape index (κ3) is 3.28. The number of hydrogen-bond acceptors (Lipinski definition) is 4. The van der Waals surface area contributed by atoms with Crippen molar-refractivity contribution in [2.75, 3.05) is 6.61 Å². The topological polar surface area (TPSA) is 55.8 Å². The molecule has 0 spiro atoms. The molecule has 3 aliphatic rings. The van der Waals surface area contributed by atoms with Gasteiger partial charge in [-0.15, -0.1) is 0 Å². The average molecular weight is 412 g/mol. The molecule has 5 nitrogen and oxygen atoms in total. The molecule has 2 heterocycles. The minimum absolute atomic E-state index is 0.0225. The van der Waals surface area contributed by atoms with Crippen molar-refractivity contribution in [1.82, 2.24) is 4.90 Å². The molecule has 0 aromatic heterocycles. The van der Waals surface area contributed by atoms with Gasteiger partial charge in [0.2, 0.25) is 5.91 Å². The number of β-lactam (4-membered cyclic amide) rings is 1. The Labute approximate surface area is 173 Å². The van der Waals surface area contributed by atoms with Gasteiger partial charge in [-0.2, -0.15) is 0 Å². The molecule has 1 aromatic rings. The van der Waals surface area contributed by atoms with Gasteiger partial charge >= 0.3 is 5.97 Å². The third-order valence-corrected chi connectivity index (χ3v) is 7.15. The Morgan fingerprint density at radius 1 is 1.34 bits per heavy atom. The van der Waals surface area contributed by atoms with Gasteiger partial charge < -0.3 is 14.1 Å². The van der Waals surface area contributed by atoms with Crippen LogP contribution in [0.4, 0.5) is 0 Å². The minimum Gasteiger partial charge on any atom is -0.457 e. The molecule has 1 amide bonds. The largest absolute Gasteiger partial charge is 0.457 e. The maximum Gasteiger partial charge on any atom is 0.355 e. The molecule has 2 aliphatic heterocycles. The summed E-state index contributed by atoms with van der Waals surface area (Å²) in [7, 11) is -1.78. The molecule has 6 heteroatoms. The molecule has 0 radical (unpaired) electrons. The van der Waals surface area contributed by atoms with E-state index in [1.54, 1.807) is 11.0 Å². The van der Waals surface area contributed by atoms with Crippen LogP contribution in [0.3, 0.4) is 0 Å². The van der Waals surface area contributed by atoms with Crippen molar-refractivity contribution in [3.8, 4) is 0 Å². The summed E-state index contributed by atoms with van der Waals surface area (Å²) in [5.74, 6) is -0.524. The van der Waals surface area contributed by atoms with E-state index in [1.807, 2.05) is 19.1 Å². The zero-order chi connectivity index (χ0) is 20.9. The van der Waals surface area contributed by atoms with Crippen LogP contribution in [0.1, 0.15) is 24.5 Å². The normalized spacial score (nSPS) is 26.3. The number of carbonyl (C=O) groups is 2. The molecule has 1 saturated heterocycles. The van der Waals surface area contributed by atoms with E-state index in [0.29, 0.717) is 5.70 Å². The van der Waals surface area contributed by atoms with E-state index in [1.165, 1.54) is 5.56 Å². The zero-order valence-electron chi connectivity index (χ0n) is 17.6. The van der Waals surface area contributed by atoms with Gasteiger partial charge in [0.25, 0.3) is 0 Å². The van der Waals surface area contributed by atoms with E-state index in [0.717, 1.165) is 24.0 Å². The molecule has 4 rings (SSSR count). The van der Waals surface area contributed by atoms with Crippen LogP contribution in [0.2, 0.25) is 19.6 Å². The van der Waals surface area contributed by atoms with E-state index in [4.69, 9.17) is 9.16 Å². The smallest absolute Gasteiger partial charge is 0.355 e. The fraction of sp³-hybridized carbons (Fsp3) is 0.478. The summed E-state index contributed by atoms with van der Waals surface area (Å²) in [5, 5.41) is 0. The summed E-state index contributed by atoms with van der Waals surface area (Å²) in [6.07, 6.45) is 3.27. The van der Waals surface area contributed by atoms with Gasteiger partial charge in [-0.3, -0.25) is 4.79 Å². The van der Waals surface area contributed by atoms with Gasteiger partial charge in [0, 0.05) is 5.92 Å². The van der Waals surface area contributed by atoms with Crippen LogP contribution in [0.15, 0.2) is 42.6 Å². The number of hydrogen-bond donors (Lipinski definition) is 0. The Hall–Kier alpha value is -2.18. The Morgan fingerprint density at radius 3 is 2.76 bits per heavy atom. The first-order valence-electron chi connectivity index (χ1n) is 10.4. The van der Waals surface area contributed by atoms with E-state index in [-0.39, 0.29) is 36.5 Å². The molecule has 0 N–H and O–H groups in total. The second-order valence-corrected chi connectivity index (χ2v) is 13.6. The monoisotopic (exact) mass is 411 g/mol. The standard InChI is InChI=1S/C23H29NO4Si/c1-6-13-27-23(26)21-19-16-10-8-7-9-15(16)11-12-17(19)20-18(22(25)24(20)21)14(2)28-29(3,4)5/h6-10,14,17-18,20H,1,11-13H2,2-5H3/t14-,17-,18-,20-/m1/s1. The maximum absolute atomic E-state index is 13.2. The lowest BCUT2D eigenvalue weighted by Gasteiger charge is -2.49. The molecular weight excluding hydrogens is 382 g/mol. The molecule has 0 bridgehead atoms. The van der Waals surface area contributed by atoms with Crippen LogP contribution >= 0.6 is 0 Å². The van der Waals surface area contributed by atoms with Crippen LogP contribution in [-0.4, -0.2) is 43.8 Å². The Bertz CT molecular complexity index is 900. The highest BCUT2D eigenvalue weighted by Gasteiger charge is 2.62. The van der Waals surface area contributed by atoms with Crippen molar-refractivity contribution in [3.63, 3.8) is 0 Å². The van der Waals surface area contributed by atoms with E-state index in [9.17, 15) is 9.59 Å². The second kappa shape index (κ2) is 7.25. The summed E-state index contributed by atoms with van der Waals surface area (Å²) in [4.78, 5) is 27.9. The number of nitrogens with zero attached hydrogens (tertiary/aromatic N) is 1. The number of esters is 1. The van der Waals surface area contributed by atoms with Crippen LogP contribution in [0.25, 0.3) is 5.57 Å². The number of aryl methyl sites for hydroxylation is 1. The van der Waals surface area contributed by atoms with Crippen molar-refractivity contribution in [2.24, 2.45) is 11.8 Å². The lowest BCUT2D eigenvalue weighted by Crippen LogP contribution is -2.65. The number of carbonyl (C=O) groups excluding carboxylic acids is 2. The molecule has 0 saturated carbocycles. The maximum atomic E-state index is 13.2. The second-order valence-electron chi connectivity index (χ2n) is 9.11. The summed E-state index contributed by atoms with van der Waals surface area (Å²) >= 11 is 0. The van der Waals surface area contributed by atoms with Crippen LogP contribution in [0, 0.1) is 11.8 Å². The molecule has 0 unspecified atom stereocenters. The first-order valence-corrected chi connectivity index (χ1v) is 13.8. The highest BCUT2D eigenvalue weighted by molar-refractivity contribution is 6.69. The third-order valence-electron chi connectivity index (χ3n) is 6.07.